The van der Waals surface area contributed by atoms with Crippen LogP contribution in [-0.4, -0.2) is 21.2 Å². The number of nitrogens with zero attached hydrogens (tertiary/aromatic N) is 3. The van der Waals surface area contributed by atoms with Crippen LogP contribution < -0.4 is 0 Å². The summed E-state index contributed by atoms with van der Waals surface area (Å²) < 4.78 is 2.09. The van der Waals surface area contributed by atoms with E-state index in [0.717, 1.165) is 28.7 Å². The van der Waals surface area contributed by atoms with E-state index in [1.54, 1.807) is 17.8 Å². The summed E-state index contributed by atoms with van der Waals surface area (Å²) in [5.41, 5.74) is 2.31. The van der Waals surface area contributed by atoms with Crippen molar-refractivity contribution in [1.82, 2.24) is 14.7 Å². The molecular formula is C19H21Cl2N3S. The number of halogens is 2. The smallest absolute Gasteiger partial charge is 0.104 e. The SMILES string of the molecule is Cc1nn(C(C)C)c(Sc2cc(Cl)cc(Cl)c2)c1CN1C=CC=CC1. The molecule has 25 heavy (non-hydrogen) atoms. The molecular weight excluding hydrogens is 373 g/mol. The van der Waals surface area contributed by atoms with E-state index < -0.39 is 0 Å². The van der Waals surface area contributed by atoms with Crippen LogP contribution in [0.4, 0.5) is 0 Å². The third kappa shape index (κ3) is 4.43. The molecule has 6 heteroatoms. The van der Waals surface area contributed by atoms with Gasteiger partial charge < -0.3 is 4.90 Å². The van der Waals surface area contributed by atoms with E-state index in [0.29, 0.717) is 10.0 Å². The fraction of sp³-hybridized carbons (Fsp3) is 0.316. The van der Waals surface area contributed by atoms with Gasteiger partial charge in [0, 0.05) is 39.6 Å². The Bertz CT molecular complexity index is 804. The molecule has 0 radical (unpaired) electrons. The van der Waals surface area contributed by atoms with Gasteiger partial charge in [0.1, 0.15) is 5.03 Å². The molecule has 0 spiro atoms. The lowest BCUT2D eigenvalue weighted by Crippen LogP contribution is -2.19. The van der Waals surface area contributed by atoms with Crippen molar-refractivity contribution in [1.29, 1.82) is 0 Å². The molecule has 1 aromatic heterocycles. The van der Waals surface area contributed by atoms with Crippen LogP contribution in [0, 0.1) is 6.92 Å². The van der Waals surface area contributed by atoms with Gasteiger partial charge in [-0.05, 0) is 51.2 Å². The number of hydrogen-bond acceptors (Lipinski definition) is 3. The summed E-state index contributed by atoms with van der Waals surface area (Å²) in [5, 5.41) is 7.22. The van der Waals surface area contributed by atoms with Gasteiger partial charge in [-0.1, -0.05) is 47.1 Å². The molecule has 0 aliphatic carbocycles. The Morgan fingerprint density at radius 2 is 1.88 bits per heavy atom. The third-order valence-electron chi connectivity index (χ3n) is 3.95. The molecule has 1 aliphatic rings. The molecule has 1 aromatic carbocycles. The van der Waals surface area contributed by atoms with Crippen LogP contribution in [0.3, 0.4) is 0 Å². The summed E-state index contributed by atoms with van der Waals surface area (Å²) in [4.78, 5) is 3.30. The highest BCUT2D eigenvalue weighted by Crippen LogP contribution is 2.37. The minimum atomic E-state index is 0.279. The summed E-state index contributed by atoms with van der Waals surface area (Å²) in [6, 6.07) is 5.92. The second kappa shape index (κ2) is 7.90. The second-order valence-corrected chi connectivity index (χ2v) is 8.25. The van der Waals surface area contributed by atoms with Crippen molar-refractivity contribution in [3.05, 3.63) is 63.9 Å². The van der Waals surface area contributed by atoms with Crippen molar-refractivity contribution in [2.45, 2.75) is 43.3 Å². The van der Waals surface area contributed by atoms with Gasteiger partial charge in [0.05, 0.1) is 5.69 Å². The molecule has 0 bridgehead atoms. The Labute approximate surface area is 163 Å². The lowest BCUT2D eigenvalue weighted by atomic mass is 10.2. The Morgan fingerprint density at radius 3 is 2.48 bits per heavy atom. The first kappa shape index (κ1) is 18.4. The molecule has 132 valence electrons. The van der Waals surface area contributed by atoms with Crippen molar-refractivity contribution in [3.8, 4) is 0 Å². The van der Waals surface area contributed by atoms with Gasteiger partial charge in [0.25, 0.3) is 0 Å². The molecule has 2 aromatic rings. The fourth-order valence-electron chi connectivity index (χ4n) is 2.73. The lowest BCUT2D eigenvalue weighted by Gasteiger charge is -2.21. The minimum absolute atomic E-state index is 0.279. The quantitative estimate of drug-likeness (QED) is 0.610. The Balaban J connectivity index is 1.97. The topological polar surface area (TPSA) is 21.1 Å². The maximum Gasteiger partial charge on any atom is 0.104 e. The average molecular weight is 394 g/mol. The van der Waals surface area contributed by atoms with Crippen molar-refractivity contribution in [2.75, 3.05) is 6.54 Å². The first-order valence-electron chi connectivity index (χ1n) is 8.23. The zero-order chi connectivity index (χ0) is 18.0. The molecule has 0 atom stereocenters. The first-order chi connectivity index (χ1) is 11.9. The zero-order valence-corrected chi connectivity index (χ0v) is 16.9. The van der Waals surface area contributed by atoms with Crippen LogP contribution in [0.1, 0.15) is 31.1 Å². The van der Waals surface area contributed by atoms with Gasteiger partial charge in [-0.15, -0.1) is 0 Å². The minimum Gasteiger partial charge on any atom is -0.369 e. The van der Waals surface area contributed by atoms with Crippen LogP contribution in [0.15, 0.2) is 52.5 Å². The van der Waals surface area contributed by atoms with Crippen LogP contribution in [0.5, 0.6) is 0 Å². The molecule has 1 aliphatic heterocycles. The Hall–Kier alpha value is -1.36. The first-order valence-corrected chi connectivity index (χ1v) is 9.80. The average Bonchev–Trinajstić information content (AvgIpc) is 2.84. The molecule has 0 unspecified atom stereocenters. The summed E-state index contributed by atoms with van der Waals surface area (Å²) in [7, 11) is 0. The van der Waals surface area contributed by atoms with E-state index in [1.807, 2.05) is 12.1 Å². The van der Waals surface area contributed by atoms with E-state index in [1.165, 1.54) is 5.56 Å². The predicted molar refractivity (Wildman–Crippen MR) is 107 cm³/mol. The number of aromatic nitrogens is 2. The number of hydrogen-bond donors (Lipinski definition) is 0. The third-order valence-corrected chi connectivity index (χ3v) is 5.48. The standard InChI is InChI=1S/C19H21Cl2N3S/c1-13(2)24-19(25-17-10-15(20)9-16(21)11-17)18(14(3)22-24)12-23-7-5-4-6-8-23/h4-7,9-11,13H,8,12H2,1-3H3. The fourth-order valence-corrected chi connectivity index (χ4v) is 4.66. The maximum atomic E-state index is 6.17. The van der Waals surface area contributed by atoms with Crippen LogP contribution >= 0.6 is 35.0 Å². The molecule has 0 N–H and O–H groups in total. The van der Waals surface area contributed by atoms with E-state index in [9.17, 15) is 0 Å². The van der Waals surface area contributed by atoms with Gasteiger partial charge in [-0.25, -0.2) is 0 Å². The summed E-state index contributed by atoms with van der Waals surface area (Å²) >= 11 is 14.0. The summed E-state index contributed by atoms with van der Waals surface area (Å²) in [6.07, 6.45) is 8.42. The normalized spacial score (nSPS) is 13.9. The largest absolute Gasteiger partial charge is 0.369 e. The number of aryl methyl sites for hydroxylation is 1. The monoisotopic (exact) mass is 393 g/mol. The maximum absolute atomic E-state index is 6.17. The highest BCUT2D eigenvalue weighted by molar-refractivity contribution is 7.99. The highest BCUT2D eigenvalue weighted by atomic mass is 35.5. The van der Waals surface area contributed by atoms with Gasteiger partial charge in [-0.2, -0.15) is 5.10 Å². The lowest BCUT2D eigenvalue weighted by molar-refractivity contribution is 0.398. The molecule has 0 fully saturated rings. The molecule has 2 heterocycles. The Morgan fingerprint density at radius 1 is 1.16 bits per heavy atom. The van der Waals surface area contributed by atoms with Crippen LogP contribution in [-0.2, 0) is 6.54 Å². The van der Waals surface area contributed by atoms with Crippen molar-refractivity contribution in [3.63, 3.8) is 0 Å². The highest BCUT2D eigenvalue weighted by Gasteiger charge is 2.20. The molecule has 3 nitrogen and oxygen atoms in total. The summed E-state index contributed by atoms with van der Waals surface area (Å²) in [6.45, 7) is 8.11. The van der Waals surface area contributed by atoms with E-state index in [2.05, 4.69) is 54.8 Å². The van der Waals surface area contributed by atoms with Crippen molar-refractivity contribution < 1.29 is 0 Å². The van der Waals surface area contributed by atoms with Gasteiger partial charge in [0.15, 0.2) is 0 Å². The second-order valence-electron chi connectivity index (χ2n) is 6.31. The van der Waals surface area contributed by atoms with Gasteiger partial charge in [0.2, 0.25) is 0 Å². The van der Waals surface area contributed by atoms with E-state index >= 15 is 0 Å². The van der Waals surface area contributed by atoms with Crippen LogP contribution in [0.25, 0.3) is 0 Å². The molecule has 3 rings (SSSR count). The van der Waals surface area contributed by atoms with E-state index in [-0.39, 0.29) is 6.04 Å². The Kier molecular flexibility index (Phi) is 5.82. The number of benzene rings is 1. The number of allylic oxidation sites excluding steroid dienone is 2. The van der Waals surface area contributed by atoms with Crippen LogP contribution in [0.2, 0.25) is 10.0 Å². The van der Waals surface area contributed by atoms with Gasteiger partial charge >= 0.3 is 0 Å². The van der Waals surface area contributed by atoms with Crippen molar-refractivity contribution >= 4 is 35.0 Å². The predicted octanol–water partition coefficient (Wildman–Crippen LogP) is 6.12. The molecule has 0 saturated carbocycles. The number of rotatable bonds is 5. The molecule has 0 saturated heterocycles. The molecule has 0 amide bonds. The summed E-state index contributed by atoms with van der Waals surface area (Å²) in [5.74, 6) is 0. The van der Waals surface area contributed by atoms with Crippen molar-refractivity contribution in [2.24, 2.45) is 0 Å². The zero-order valence-electron chi connectivity index (χ0n) is 14.5. The van der Waals surface area contributed by atoms with Gasteiger partial charge in [-0.3, -0.25) is 4.68 Å². The van der Waals surface area contributed by atoms with E-state index in [4.69, 9.17) is 28.3 Å².